The number of hydrogen-bond acceptors (Lipinski definition) is 5. The lowest BCUT2D eigenvalue weighted by Gasteiger charge is -2.19. The van der Waals surface area contributed by atoms with Gasteiger partial charge in [0.15, 0.2) is 12.4 Å². The molecule has 3 aromatic rings. The molecular formula is C31H24F6N2O5. The highest BCUT2D eigenvalue weighted by molar-refractivity contribution is 6.13. The fraction of sp³-hybridized carbons (Fsp3) is 0.194. The van der Waals surface area contributed by atoms with Crippen LogP contribution in [0.5, 0.6) is 5.75 Å². The molecule has 1 aliphatic rings. The average molecular weight is 619 g/mol. The summed E-state index contributed by atoms with van der Waals surface area (Å²) in [7, 11) is 0. The van der Waals surface area contributed by atoms with Gasteiger partial charge < -0.3 is 10.1 Å². The summed E-state index contributed by atoms with van der Waals surface area (Å²) in [4.78, 5) is 36.4. The predicted octanol–water partition coefficient (Wildman–Crippen LogP) is 6.15. The maximum absolute atomic E-state index is 13.2. The van der Waals surface area contributed by atoms with Crippen molar-refractivity contribution in [1.29, 1.82) is 0 Å². The topological polar surface area (TPSA) is 105 Å². The molecule has 4 rings (SSSR count). The van der Waals surface area contributed by atoms with E-state index in [2.05, 4.69) is 5.32 Å². The van der Waals surface area contributed by atoms with Crippen molar-refractivity contribution in [2.45, 2.75) is 31.7 Å². The molecule has 0 atom stereocenters. The molecule has 0 fully saturated rings. The van der Waals surface area contributed by atoms with Crippen LogP contribution in [-0.2, 0) is 34.9 Å². The van der Waals surface area contributed by atoms with Crippen LogP contribution in [0.2, 0.25) is 0 Å². The Morgan fingerprint density at radius 3 is 2.14 bits per heavy atom. The van der Waals surface area contributed by atoms with Gasteiger partial charge in [0.05, 0.1) is 11.1 Å². The second-order valence-corrected chi connectivity index (χ2v) is 9.77. The summed E-state index contributed by atoms with van der Waals surface area (Å²) in [6.45, 7) is -0.125. The standard InChI is InChI=1S/C31H24F6N2O5/c32-30(33,34)23-12-20(13-24(15-23)31(35,36)37)11-22-7-6-21-14-25(8-9-26(21)29(22)42)44-17-28(41)38-16-19-3-1-18(2-4-19)5-10-27(40)39-43/h1-5,8-15,43H,6-7,16-17H2,(H,38,41)(H,39,40)/b10-5+,22-11+. The van der Waals surface area contributed by atoms with Crippen LogP contribution in [0.15, 0.2) is 72.3 Å². The third-order valence-electron chi connectivity index (χ3n) is 6.60. The Labute approximate surface area is 246 Å². The summed E-state index contributed by atoms with van der Waals surface area (Å²) in [6, 6.07) is 12.5. The number of ketones is 1. The number of allylic oxidation sites excluding steroid dienone is 1. The molecule has 0 unspecified atom stereocenters. The molecule has 0 bridgehead atoms. The molecule has 0 aromatic heterocycles. The maximum atomic E-state index is 13.2. The fourth-order valence-electron chi connectivity index (χ4n) is 4.40. The van der Waals surface area contributed by atoms with E-state index in [0.29, 0.717) is 29.0 Å². The van der Waals surface area contributed by atoms with E-state index in [1.54, 1.807) is 30.3 Å². The summed E-state index contributed by atoms with van der Waals surface area (Å²) >= 11 is 0. The van der Waals surface area contributed by atoms with Gasteiger partial charge in [0, 0.05) is 23.8 Å². The molecule has 0 heterocycles. The highest BCUT2D eigenvalue weighted by atomic mass is 19.4. The van der Waals surface area contributed by atoms with Crippen molar-refractivity contribution in [3.8, 4) is 5.75 Å². The van der Waals surface area contributed by atoms with Gasteiger partial charge in [-0.3, -0.25) is 19.6 Å². The quantitative estimate of drug-likeness (QED) is 0.122. The number of hydrogen-bond donors (Lipinski definition) is 3. The monoisotopic (exact) mass is 618 g/mol. The Morgan fingerprint density at radius 2 is 1.52 bits per heavy atom. The summed E-state index contributed by atoms with van der Waals surface area (Å²) in [6.07, 6.45) is -5.96. The summed E-state index contributed by atoms with van der Waals surface area (Å²) in [5.74, 6) is -1.32. The van der Waals surface area contributed by atoms with Gasteiger partial charge in [-0.15, -0.1) is 0 Å². The van der Waals surface area contributed by atoms with Crippen LogP contribution in [0.25, 0.3) is 12.2 Å². The van der Waals surface area contributed by atoms with Gasteiger partial charge in [-0.1, -0.05) is 24.3 Å². The van der Waals surface area contributed by atoms with Crippen molar-refractivity contribution in [3.05, 3.63) is 111 Å². The third-order valence-corrected chi connectivity index (χ3v) is 6.60. The minimum atomic E-state index is -5.00. The lowest BCUT2D eigenvalue weighted by Crippen LogP contribution is -2.28. The van der Waals surface area contributed by atoms with Crippen LogP contribution < -0.4 is 15.5 Å². The van der Waals surface area contributed by atoms with Gasteiger partial charge in [-0.2, -0.15) is 26.3 Å². The Morgan fingerprint density at radius 1 is 0.864 bits per heavy atom. The average Bonchev–Trinajstić information content (AvgIpc) is 2.98. The molecule has 1 aliphatic carbocycles. The van der Waals surface area contributed by atoms with Crippen molar-refractivity contribution < 1.29 is 50.7 Å². The molecule has 230 valence electrons. The number of amides is 2. The Balaban J connectivity index is 1.37. The first-order chi connectivity index (χ1) is 20.7. The zero-order valence-corrected chi connectivity index (χ0v) is 22.7. The van der Waals surface area contributed by atoms with Crippen LogP contribution in [-0.4, -0.2) is 29.4 Å². The van der Waals surface area contributed by atoms with Gasteiger partial charge in [0.2, 0.25) is 0 Å². The number of halogens is 6. The first-order valence-corrected chi connectivity index (χ1v) is 13.0. The van der Waals surface area contributed by atoms with Crippen LogP contribution in [0.4, 0.5) is 26.3 Å². The molecule has 44 heavy (non-hydrogen) atoms. The van der Waals surface area contributed by atoms with Crippen LogP contribution >= 0.6 is 0 Å². The molecule has 0 spiro atoms. The molecular weight excluding hydrogens is 594 g/mol. The lowest BCUT2D eigenvalue weighted by atomic mass is 9.85. The highest BCUT2D eigenvalue weighted by Crippen LogP contribution is 2.37. The first kappa shape index (κ1) is 32.0. The summed E-state index contributed by atoms with van der Waals surface area (Å²) < 4.78 is 84.8. The third kappa shape index (κ3) is 8.34. The van der Waals surface area contributed by atoms with E-state index in [4.69, 9.17) is 9.94 Å². The van der Waals surface area contributed by atoms with E-state index >= 15 is 0 Å². The van der Waals surface area contributed by atoms with Crippen molar-refractivity contribution in [1.82, 2.24) is 10.8 Å². The first-order valence-electron chi connectivity index (χ1n) is 13.0. The number of ether oxygens (including phenoxy) is 1. The molecule has 0 saturated heterocycles. The predicted molar refractivity (Wildman–Crippen MR) is 146 cm³/mol. The second-order valence-electron chi connectivity index (χ2n) is 9.77. The number of nitrogens with one attached hydrogen (secondary N) is 2. The highest BCUT2D eigenvalue weighted by Gasteiger charge is 2.37. The van der Waals surface area contributed by atoms with E-state index < -0.39 is 41.1 Å². The summed E-state index contributed by atoms with van der Waals surface area (Å²) in [5.41, 5.74) is 0.506. The summed E-state index contributed by atoms with van der Waals surface area (Å²) in [5, 5.41) is 11.2. The molecule has 2 amide bonds. The van der Waals surface area contributed by atoms with Gasteiger partial charge in [0.25, 0.3) is 11.8 Å². The van der Waals surface area contributed by atoms with Crippen LogP contribution in [0.1, 0.15) is 50.2 Å². The van der Waals surface area contributed by atoms with Crippen LogP contribution in [0, 0.1) is 0 Å². The lowest BCUT2D eigenvalue weighted by molar-refractivity contribution is -0.143. The Bertz CT molecular complexity index is 1590. The normalized spacial score (nSPS) is 14.4. The Hall–Kier alpha value is -4.91. The number of carbonyl (C=O) groups excluding carboxylic acids is 3. The number of fused-ring (bicyclic) bond motifs is 1. The number of benzene rings is 3. The number of alkyl halides is 6. The van der Waals surface area contributed by atoms with Crippen LogP contribution in [0.3, 0.4) is 0 Å². The van der Waals surface area contributed by atoms with Crippen molar-refractivity contribution in [2.75, 3.05) is 6.61 Å². The number of hydroxylamine groups is 1. The number of Topliss-reactive ketones (excluding diaryl/α,β-unsaturated/α-hetero) is 1. The second kappa shape index (κ2) is 13.2. The van der Waals surface area contributed by atoms with E-state index in [9.17, 15) is 40.7 Å². The maximum Gasteiger partial charge on any atom is 0.416 e. The number of carbonyl (C=O) groups is 3. The molecule has 3 aromatic carbocycles. The molecule has 0 aliphatic heterocycles. The van der Waals surface area contributed by atoms with Gasteiger partial charge in [-0.05, 0) is 83.6 Å². The SMILES string of the molecule is O=C(/C=C/c1ccc(CNC(=O)COc2ccc3c(c2)CC/C(=C\c2cc(C(F)(F)F)cc(C(F)(F)F)c2)C3=O)cc1)NO. The molecule has 3 N–H and O–H groups in total. The van der Waals surface area contributed by atoms with Crippen molar-refractivity contribution in [3.63, 3.8) is 0 Å². The van der Waals surface area contributed by atoms with E-state index in [1.165, 1.54) is 23.7 Å². The van der Waals surface area contributed by atoms with Crippen molar-refractivity contribution >= 4 is 29.7 Å². The van der Waals surface area contributed by atoms with E-state index in [0.717, 1.165) is 17.7 Å². The van der Waals surface area contributed by atoms with Crippen molar-refractivity contribution in [2.24, 2.45) is 0 Å². The number of aryl methyl sites for hydroxylation is 1. The smallest absolute Gasteiger partial charge is 0.416 e. The van der Waals surface area contributed by atoms with Gasteiger partial charge in [-0.25, -0.2) is 5.48 Å². The minimum absolute atomic E-state index is 0.0306. The molecule has 13 heteroatoms. The Kier molecular flexibility index (Phi) is 9.58. The van der Waals surface area contributed by atoms with Gasteiger partial charge >= 0.3 is 12.4 Å². The van der Waals surface area contributed by atoms with E-state index in [-0.39, 0.29) is 48.8 Å². The number of rotatable bonds is 8. The molecule has 7 nitrogen and oxygen atoms in total. The zero-order chi connectivity index (χ0) is 32.1. The molecule has 0 saturated carbocycles. The largest absolute Gasteiger partial charge is 0.484 e. The van der Waals surface area contributed by atoms with E-state index in [1.807, 2.05) is 0 Å². The minimum Gasteiger partial charge on any atom is -0.484 e. The van der Waals surface area contributed by atoms with Gasteiger partial charge in [0.1, 0.15) is 5.75 Å². The fourth-order valence-corrected chi connectivity index (χ4v) is 4.40. The molecule has 0 radical (unpaired) electrons. The zero-order valence-electron chi connectivity index (χ0n) is 22.7.